The molecule has 0 aliphatic rings. The number of phosphoric ester groups is 1. The molecule has 0 bridgehead atoms. The molecule has 0 rings (SSSR count). The van der Waals surface area contributed by atoms with E-state index in [1.54, 1.807) is 0 Å². The first-order chi connectivity index (χ1) is 37.2. The number of allylic oxidation sites excluding steroid dienone is 8. The number of carbonyl (C=O) groups is 3. The Morgan fingerprint density at radius 1 is 0.368 bits per heavy atom. The predicted octanol–water partition coefficient (Wildman–Crippen LogP) is 18.9. The van der Waals surface area contributed by atoms with Crippen molar-refractivity contribution in [2.45, 2.75) is 315 Å². The van der Waals surface area contributed by atoms with Gasteiger partial charge >= 0.3 is 25.7 Å². The molecule has 0 saturated carbocycles. The summed E-state index contributed by atoms with van der Waals surface area (Å²) in [5.74, 6) is -1.46. The standard InChI is InChI=1S/C64H117O11P/c1-4-7-10-13-16-19-22-25-27-29-30-32-34-37-40-43-46-49-52-55-64(68)75-61(57-71-62(66)53-50-47-44-41-38-35-24-21-18-15-12-9-6-3)59-73-76(69,70)72-58-60(56-65)74-63(67)54-51-48-45-42-39-36-33-31-28-26-23-20-17-14-11-8-5-2/h16-17,19-20,25-28,60-61,65H,4-15,18,21-24,29-59H2,1-3H3,(H,69,70)/b19-16-,20-17-,27-25-,28-26-. The van der Waals surface area contributed by atoms with Crippen LogP contribution in [0.15, 0.2) is 48.6 Å². The fourth-order valence-corrected chi connectivity index (χ4v) is 9.67. The molecule has 0 aliphatic carbocycles. The lowest BCUT2D eigenvalue weighted by Crippen LogP contribution is -2.30. The third kappa shape index (κ3) is 56.2. The molecule has 0 aromatic carbocycles. The quantitative estimate of drug-likeness (QED) is 0.0197. The smallest absolute Gasteiger partial charge is 0.462 e. The summed E-state index contributed by atoms with van der Waals surface area (Å²) in [6.07, 6.45) is 63.4. The average Bonchev–Trinajstić information content (AvgIpc) is 3.41. The first-order valence-electron chi connectivity index (χ1n) is 31.5. The Labute approximate surface area is 466 Å². The van der Waals surface area contributed by atoms with E-state index in [1.807, 2.05) is 0 Å². The average molecular weight is 1090 g/mol. The molecule has 76 heavy (non-hydrogen) atoms. The van der Waals surface area contributed by atoms with Crippen LogP contribution in [0.5, 0.6) is 0 Å². The molecule has 0 spiro atoms. The van der Waals surface area contributed by atoms with Crippen LogP contribution in [0.1, 0.15) is 303 Å². The van der Waals surface area contributed by atoms with Gasteiger partial charge < -0.3 is 24.2 Å². The Kier molecular flexibility index (Phi) is 56.6. The van der Waals surface area contributed by atoms with E-state index in [9.17, 15) is 28.9 Å². The van der Waals surface area contributed by atoms with Gasteiger partial charge in [0.05, 0.1) is 19.8 Å². The van der Waals surface area contributed by atoms with Crippen molar-refractivity contribution < 1.29 is 52.2 Å². The topological polar surface area (TPSA) is 155 Å². The first kappa shape index (κ1) is 73.4. The Balaban J connectivity index is 4.66. The summed E-state index contributed by atoms with van der Waals surface area (Å²) in [4.78, 5) is 48.7. The van der Waals surface area contributed by atoms with Crippen LogP contribution in [0, 0.1) is 0 Å². The zero-order chi connectivity index (χ0) is 55.5. The summed E-state index contributed by atoms with van der Waals surface area (Å²) >= 11 is 0. The van der Waals surface area contributed by atoms with Crippen molar-refractivity contribution in [2.75, 3.05) is 26.4 Å². The Morgan fingerprint density at radius 3 is 1.00 bits per heavy atom. The molecule has 11 nitrogen and oxygen atoms in total. The zero-order valence-electron chi connectivity index (χ0n) is 49.2. The highest BCUT2D eigenvalue weighted by Crippen LogP contribution is 2.43. The molecule has 12 heteroatoms. The second kappa shape index (κ2) is 58.6. The van der Waals surface area contributed by atoms with Crippen LogP contribution >= 0.6 is 7.82 Å². The number of ether oxygens (including phenoxy) is 3. The van der Waals surface area contributed by atoms with Gasteiger partial charge in [-0.2, -0.15) is 0 Å². The van der Waals surface area contributed by atoms with E-state index < -0.39 is 57.8 Å². The number of esters is 3. The van der Waals surface area contributed by atoms with E-state index in [1.165, 1.54) is 154 Å². The van der Waals surface area contributed by atoms with Gasteiger partial charge in [0, 0.05) is 19.3 Å². The normalized spacial score (nSPS) is 13.6. The van der Waals surface area contributed by atoms with Gasteiger partial charge in [0.2, 0.25) is 0 Å². The van der Waals surface area contributed by atoms with E-state index in [-0.39, 0.29) is 25.9 Å². The monoisotopic (exact) mass is 1090 g/mol. The van der Waals surface area contributed by atoms with Gasteiger partial charge in [-0.1, -0.05) is 249 Å². The maximum Gasteiger partial charge on any atom is 0.472 e. The largest absolute Gasteiger partial charge is 0.472 e. The number of carbonyl (C=O) groups excluding carboxylic acids is 3. The van der Waals surface area contributed by atoms with E-state index in [4.69, 9.17) is 23.3 Å². The van der Waals surface area contributed by atoms with Crippen molar-refractivity contribution in [1.82, 2.24) is 0 Å². The Bertz CT molecular complexity index is 1460. The lowest BCUT2D eigenvalue weighted by molar-refractivity contribution is -0.161. The zero-order valence-corrected chi connectivity index (χ0v) is 50.1. The van der Waals surface area contributed by atoms with E-state index in [0.29, 0.717) is 19.3 Å². The molecule has 0 aromatic rings. The van der Waals surface area contributed by atoms with Crippen molar-refractivity contribution in [2.24, 2.45) is 0 Å². The van der Waals surface area contributed by atoms with Gasteiger partial charge in [0.25, 0.3) is 0 Å². The van der Waals surface area contributed by atoms with Crippen molar-refractivity contribution in [3.8, 4) is 0 Å². The van der Waals surface area contributed by atoms with Gasteiger partial charge in [-0.15, -0.1) is 0 Å². The molecule has 0 aromatic heterocycles. The van der Waals surface area contributed by atoms with Crippen LogP contribution in [0.25, 0.3) is 0 Å². The van der Waals surface area contributed by atoms with E-state index in [2.05, 4.69) is 69.4 Å². The lowest BCUT2D eigenvalue weighted by atomic mass is 10.0. The van der Waals surface area contributed by atoms with Crippen molar-refractivity contribution in [1.29, 1.82) is 0 Å². The number of rotatable bonds is 59. The summed E-state index contributed by atoms with van der Waals surface area (Å²) in [5, 5.41) is 9.84. The summed E-state index contributed by atoms with van der Waals surface area (Å²) < 4.78 is 39.6. The second-order valence-electron chi connectivity index (χ2n) is 21.2. The van der Waals surface area contributed by atoms with Gasteiger partial charge in [0.15, 0.2) is 6.10 Å². The molecule has 0 saturated heterocycles. The highest BCUT2D eigenvalue weighted by molar-refractivity contribution is 7.47. The van der Waals surface area contributed by atoms with Crippen LogP contribution in [-0.4, -0.2) is 66.5 Å². The Hall–Kier alpha value is -2.56. The molecule has 0 fully saturated rings. The van der Waals surface area contributed by atoms with Crippen LogP contribution in [0.4, 0.5) is 0 Å². The third-order valence-electron chi connectivity index (χ3n) is 13.7. The minimum absolute atomic E-state index is 0.165. The molecule has 0 radical (unpaired) electrons. The third-order valence-corrected chi connectivity index (χ3v) is 14.7. The van der Waals surface area contributed by atoms with Crippen LogP contribution < -0.4 is 0 Å². The molecule has 3 unspecified atom stereocenters. The summed E-state index contributed by atoms with van der Waals surface area (Å²) in [6, 6.07) is 0. The second-order valence-corrected chi connectivity index (χ2v) is 22.7. The maximum atomic E-state index is 12.9. The van der Waals surface area contributed by atoms with E-state index in [0.717, 1.165) is 89.9 Å². The fourth-order valence-electron chi connectivity index (χ4n) is 8.89. The van der Waals surface area contributed by atoms with Crippen LogP contribution in [-0.2, 0) is 42.2 Å². The number of hydrogen-bond donors (Lipinski definition) is 2. The summed E-state index contributed by atoms with van der Waals surface area (Å²) in [7, 11) is -4.75. The summed E-state index contributed by atoms with van der Waals surface area (Å²) in [6.45, 7) is 4.63. The van der Waals surface area contributed by atoms with Gasteiger partial charge in [0.1, 0.15) is 12.7 Å². The number of aliphatic hydroxyl groups is 1. The molecule has 444 valence electrons. The number of unbranched alkanes of at least 4 members (excludes halogenated alkanes) is 34. The number of hydrogen-bond acceptors (Lipinski definition) is 10. The van der Waals surface area contributed by atoms with Crippen molar-refractivity contribution in [3.63, 3.8) is 0 Å². The Morgan fingerprint density at radius 2 is 0.645 bits per heavy atom. The molecule has 2 N–H and O–H groups in total. The lowest BCUT2D eigenvalue weighted by Gasteiger charge is -2.21. The van der Waals surface area contributed by atoms with E-state index >= 15 is 0 Å². The minimum atomic E-state index is -4.75. The van der Waals surface area contributed by atoms with Crippen LogP contribution in [0.3, 0.4) is 0 Å². The maximum absolute atomic E-state index is 12.9. The minimum Gasteiger partial charge on any atom is -0.462 e. The predicted molar refractivity (Wildman–Crippen MR) is 316 cm³/mol. The SMILES string of the molecule is CCCCC/C=C\C/C=C\CCCCCCCCCCCC(=O)OC(COC(=O)CCCCCCCCCCCCCCC)COP(=O)(O)OCC(CO)OC(=O)CCCCCCCCC/C=C\C/C=C\CCCCC. The van der Waals surface area contributed by atoms with Gasteiger partial charge in [-0.25, -0.2) is 4.57 Å². The molecule has 0 aliphatic heterocycles. The fraction of sp³-hybridized carbons (Fsp3) is 0.828. The van der Waals surface area contributed by atoms with Crippen LogP contribution in [0.2, 0.25) is 0 Å². The molecule has 0 amide bonds. The molecular formula is C64H117O11P. The number of phosphoric acid groups is 1. The highest BCUT2D eigenvalue weighted by Gasteiger charge is 2.28. The molecule has 0 heterocycles. The highest BCUT2D eigenvalue weighted by atomic mass is 31.2. The summed E-state index contributed by atoms with van der Waals surface area (Å²) in [5.41, 5.74) is 0. The molecule has 3 atom stereocenters. The van der Waals surface area contributed by atoms with Crippen molar-refractivity contribution in [3.05, 3.63) is 48.6 Å². The van der Waals surface area contributed by atoms with Gasteiger partial charge in [-0.05, 0) is 83.5 Å². The molecular weight excluding hydrogens is 976 g/mol. The number of aliphatic hydroxyl groups excluding tert-OH is 1. The van der Waals surface area contributed by atoms with Crippen molar-refractivity contribution >= 4 is 25.7 Å². The van der Waals surface area contributed by atoms with Gasteiger partial charge in [-0.3, -0.25) is 23.4 Å². The first-order valence-corrected chi connectivity index (χ1v) is 33.0.